The van der Waals surface area contributed by atoms with Crippen LogP contribution in [0.25, 0.3) is 96.0 Å². The average molecular weight is 699 g/mol. The molecule has 0 bridgehead atoms. The molecule has 8 aromatic rings. The van der Waals surface area contributed by atoms with E-state index < -0.39 is 0 Å². The molecule has 0 saturated heterocycles. The Bertz CT molecular complexity index is 2910. The normalized spacial score (nSPS) is 15.2. The van der Waals surface area contributed by atoms with Crippen molar-refractivity contribution in [1.82, 2.24) is 0 Å². The third-order valence-electron chi connectivity index (χ3n) is 12.6. The number of benzene rings is 8. The quantitative estimate of drug-likeness (QED) is 0.125. The zero-order chi connectivity index (χ0) is 34.7. The van der Waals surface area contributed by atoms with Gasteiger partial charge in [0, 0.05) is 62.7 Å². The SMILES string of the molecule is CC1(C)c2ccccc2-c2ccc(-c3cc4cccc5sc6c(-c7ccc8c(c7)C(C)(C)c7ccccc7-8)cc7cccc8sc3c(c45)-c6c78)cc21. The molecule has 0 saturated carbocycles. The molecule has 0 nitrogen and oxygen atoms in total. The zero-order valence-corrected chi connectivity index (χ0v) is 31.2. The summed E-state index contributed by atoms with van der Waals surface area (Å²) in [6, 6.07) is 51.2. The Hall–Kier alpha value is -5.28. The first-order valence-corrected chi connectivity index (χ1v) is 20.0. The van der Waals surface area contributed by atoms with Gasteiger partial charge in [-0.2, -0.15) is 0 Å². The van der Waals surface area contributed by atoms with Gasteiger partial charge in [-0.1, -0.05) is 125 Å². The van der Waals surface area contributed by atoms with Crippen molar-refractivity contribution in [3.8, 4) is 55.6 Å². The largest absolute Gasteiger partial charge is 0.134 e. The first kappa shape index (κ1) is 29.3. The molecule has 0 radical (unpaired) electrons. The summed E-state index contributed by atoms with van der Waals surface area (Å²) in [6.45, 7) is 9.55. The van der Waals surface area contributed by atoms with E-state index in [1.54, 1.807) is 0 Å². The Labute approximate surface area is 311 Å². The minimum atomic E-state index is -0.0483. The molecular weight excluding hydrogens is 665 g/mol. The van der Waals surface area contributed by atoms with Gasteiger partial charge in [-0.15, -0.1) is 22.7 Å². The minimum Gasteiger partial charge on any atom is -0.134 e. The topological polar surface area (TPSA) is 0 Å². The molecular formula is C50H34S2. The van der Waals surface area contributed by atoms with Crippen LogP contribution in [0.4, 0.5) is 0 Å². The van der Waals surface area contributed by atoms with E-state index in [-0.39, 0.29) is 10.8 Å². The second-order valence-electron chi connectivity index (χ2n) is 16.0. The van der Waals surface area contributed by atoms with Crippen LogP contribution in [0.3, 0.4) is 0 Å². The standard InChI is InChI=1S/C50H34S2/c1-49(2)37-15-7-5-13-31(37)33-21-19-27(25-39(33)49)35-23-29-11-9-18-42-43(29)45-46-44-30(12-10-17-41(44)51-47(35)45)24-36(48(46)52-42)28-20-22-34-32-14-6-8-16-38(32)50(3,4)40(34)26-28/h5-26H,1-4H3. The summed E-state index contributed by atoms with van der Waals surface area (Å²) >= 11 is 3.94. The van der Waals surface area contributed by atoms with Gasteiger partial charge in [0.1, 0.15) is 0 Å². The molecule has 0 spiro atoms. The van der Waals surface area contributed by atoms with E-state index in [1.165, 1.54) is 118 Å². The lowest BCUT2D eigenvalue weighted by Gasteiger charge is -2.25. The third kappa shape index (κ3) is 3.57. The van der Waals surface area contributed by atoms with E-state index in [2.05, 4.69) is 161 Å². The number of fused-ring (bicyclic) bond motifs is 6. The van der Waals surface area contributed by atoms with Gasteiger partial charge >= 0.3 is 0 Å². The fourth-order valence-corrected chi connectivity index (χ4v) is 12.6. The smallest absolute Gasteiger partial charge is 0.0441 e. The maximum absolute atomic E-state index is 2.50. The van der Waals surface area contributed by atoms with Crippen molar-refractivity contribution in [2.75, 3.05) is 0 Å². The molecule has 52 heavy (non-hydrogen) atoms. The summed E-state index contributed by atoms with van der Waals surface area (Å²) in [6.07, 6.45) is 0. The summed E-state index contributed by atoms with van der Waals surface area (Å²) in [4.78, 5) is 0. The number of hydrogen-bond donors (Lipinski definition) is 0. The molecule has 2 aliphatic heterocycles. The van der Waals surface area contributed by atoms with Crippen LogP contribution in [0.2, 0.25) is 0 Å². The molecule has 8 aromatic carbocycles. The highest BCUT2D eigenvalue weighted by Gasteiger charge is 2.37. The molecule has 246 valence electrons. The van der Waals surface area contributed by atoms with E-state index in [0.29, 0.717) is 0 Å². The highest BCUT2D eigenvalue weighted by Crippen LogP contribution is 2.58. The molecule has 0 N–H and O–H groups in total. The first-order chi connectivity index (χ1) is 25.3. The van der Waals surface area contributed by atoms with E-state index in [1.807, 2.05) is 22.7 Å². The van der Waals surface area contributed by atoms with E-state index in [9.17, 15) is 0 Å². The predicted molar refractivity (Wildman–Crippen MR) is 226 cm³/mol. The molecule has 0 unspecified atom stereocenters. The van der Waals surface area contributed by atoms with Crippen LogP contribution in [0.1, 0.15) is 49.9 Å². The average Bonchev–Trinajstić information content (AvgIpc) is 3.54. The Morgan fingerprint density at radius 1 is 0.365 bits per heavy atom. The van der Waals surface area contributed by atoms with Crippen LogP contribution in [-0.2, 0) is 10.8 Å². The van der Waals surface area contributed by atoms with Crippen molar-refractivity contribution < 1.29 is 0 Å². The zero-order valence-electron chi connectivity index (χ0n) is 29.5. The summed E-state index contributed by atoms with van der Waals surface area (Å²) in [5.74, 6) is 0. The van der Waals surface area contributed by atoms with Crippen molar-refractivity contribution in [1.29, 1.82) is 0 Å². The van der Waals surface area contributed by atoms with Crippen LogP contribution in [0.5, 0.6) is 0 Å². The molecule has 0 amide bonds. The van der Waals surface area contributed by atoms with Crippen LogP contribution in [0, 0.1) is 0 Å². The van der Waals surface area contributed by atoms with Crippen LogP contribution < -0.4 is 0 Å². The van der Waals surface area contributed by atoms with E-state index >= 15 is 0 Å². The fraction of sp³-hybridized carbons (Fsp3) is 0.120. The van der Waals surface area contributed by atoms with Crippen LogP contribution >= 0.6 is 22.7 Å². The minimum absolute atomic E-state index is 0.0483. The Kier molecular flexibility index (Phi) is 5.51. The van der Waals surface area contributed by atoms with Gasteiger partial charge in [-0.05, 0) is 103 Å². The van der Waals surface area contributed by atoms with Gasteiger partial charge in [-0.25, -0.2) is 0 Å². The van der Waals surface area contributed by atoms with Crippen molar-refractivity contribution >= 4 is 63.0 Å². The van der Waals surface area contributed by atoms with Crippen LogP contribution in [-0.4, -0.2) is 0 Å². The third-order valence-corrected chi connectivity index (χ3v) is 15.0. The molecule has 0 atom stereocenters. The van der Waals surface area contributed by atoms with Crippen LogP contribution in [0.15, 0.2) is 133 Å². The molecule has 2 heterocycles. The predicted octanol–water partition coefficient (Wildman–Crippen LogP) is 14.9. The second-order valence-corrected chi connectivity index (χ2v) is 18.1. The van der Waals surface area contributed by atoms with Gasteiger partial charge in [0.15, 0.2) is 0 Å². The lowest BCUT2D eigenvalue weighted by molar-refractivity contribution is 0.660. The van der Waals surface area contributed by atoms with Crippen molar-refractivity contribution in [3.05, 3.63) is 156 Å². The Morgan fingerprint density at radius 3 is 1.25 bits per heavy atom. The van der Waals surface area contributed by atoms with Crippen molar-refractivity contribution in [2.45, 2.75) is 38.5 Å². The molecule has 2 aliphatic carbocycles. The Morgan fingerprint density at radius 2 is 0.788 bits per heavy atom. The monoisotopic (exact) mass is 698 g/mol. The van der Waals surface area contributed by atoms with Gasteiger partial charge in [0.2, 0.25) is 0 Å². The molecule has 0 fully saturated rings. The molecule has 2 heteroatoms. The highest BCUT2D eigenvalue weighted by atomic mass is 32.1. The summed E-state index contributed by atoms with van der Waals surface area (Å²) < 4.78 is 5.48. The molecule has 4 aliphatic rings. The fourth-order valence-electron chi connectivity index (χ4n) is 10.1. The number of rotatable bonds is 2. The maximum atomic E-state index is 2.50. The first-order valence-electron chi connectivity index (χ1n) is 18.3. The van der Waals surface area contributed by atoms with Gasteiger partial charge in [-0.3, -0.25) is 0 Å². The lowest BCUT2D eigenvalue weighted by atomic mass is 9.81. The second kappa shape index (κ2) is 9.77. The maximum Gasteiger partial charge on any atom is 0.0441 e. The lowest BCUT2D eigenvalue weighted by Crippen LogP contribution is -2.14. The van der Waals surface area contributed by atoms with Gasteiger partial charge < -0.3 is 0 Å². The van der Waals surface area contributed by atoms with E-state index in [4.69, 9.17) is 0 Å². The van der Waals surface area contributed by atoms with Gasteiger partial charge in [0.05, 0.1) is 0 Å². The summed E-state index contributed by atoms with van der Waals surface area (Å²) in [5.41, 5.74) is 19.2. The van der Waals surface area contributed by atoms with Crippen molar-refractivity contribution in [2.24, 2.45) is 0 Å². The van der Waals surface area contributed by atoms with Gasteiger partial charge in [0.25, 0.3) is 0 Å². The summed E-state index contributed by atoms with van der Waals surface area (Å²) in [7, 11) is 0. The highest BCUT2D eigenvalue weighted by molar-refractivity contribution is 7.27. The molecule has 0 aromatic heterocycles. The molecule has 12 rings (SSSR count). The number of hydrogen-bond acceptors (Lipinski definition) is 2. The van der Waals surface area contributed by atoms with E-state index in [0.717, 1.165) is 0 Å². The Balaban J connectivity index is 1.15. The summed E-state index contributed by atoms with van der Waals surface area (Å²) in [5, 5.41) is 5.45. The van der Waals surface area contributed by atoms with Crippen molar-refractivity contribution in [3.63, 3.8) is 0 Å².